The number of benzene rings is 1. The first-order chi connectivity index (χ1) is 14.8. The van der Waals surface area contributed by atoms with Crippen LogP contribution >= 0.6 is 0 Å². The number of methoxy groups -OCH3 is 2. The second kappa shape index (κ2) is 9.11. The summed E-state index contributed by atoms with van der Waals surface area (Å²) < 4.78 is 10.2. The van der Waals surface area contributed by atoms with E-state index < -0.39 is 35.0 Å². The Balaban J connectivity index is 1.92. The number of rotatable bonds is 7. The van der Waals surface area contributed by atoms with E-state index in [0.717, 1.165) is 19.2 Å². The summed E-state index contributed by atoms with van der Waals surface area (Å²) in [5, 5.41) is 0.342. The second-order valence-corrected chi connectivity index (χ2v) is 6.31. The van der Waals surface area contributed by atoms with E-state index in [0.29, 0.717) is 21.1 Å². The molecule has 0 unspecified atom stereocenters. The van der Waals surface area contributed by atoms with E-state index in [-0.39, 0.29) is 25.0 Å². The van der Waals surface area contributed by atoms with E-state index in [1.165, 1.54) is 7.11 Å². The average Bonchev–Trinajstić information content (AvgIpc) is 3.09. The summed E-state index contributed by atoms with van der Waals surface area (Å²) in [7, 11) is 2.61. The molecule has 11 nitrogen and oxygen atoms in total. The fourth-order valence-corrected chi connectivity index (χ4v) is 2.71. The summed E-state index contributed by atoms with van der Waals surface area (Å²) in [6, 6.07) is 8.85. The third kappa shape index (κ3) is 4.55. The Labute approximate surface area is 175 Å². The van der Waals surface area contributed by atoms with Crippen molar-refractivity contribution >= 4 is 23.8 Å². The SMILES string of the molecule is COC(=O)c1ccc(C(=O)ON2C(=O)CCC2=O)n(OCc2ccc(OC)cc2)c1=O. The predicted octanol–water partition coefficient (Wildman–Crippen LogP) is 0.493. The van der Waals surface area contributed by atoms with Crippen LogP contribution in [0.5, 0.6) is 5.75 Å². The molecule has 31 heavy (non-hydrogen) atoms. The Hall–Kier alpha value is -4.15. The molecule has 11 heteroatoms. The topological polar surface area (TPSA) is 130 Å². The molecule has 1 fully saturated rings. The number of esters is 1. The highest BCUT2D eigenvalue weighted by molar-refractivity contribution is 6.02. The van der Waals surface area contributed by atoms with E-state index in [2.05, 4.69) is 4.74 Å². The molecular weight excluding hydrogens is 412 g/mol. The summed E-state index contributed by atoms with van der Waals surface area (Å²) in [5.74, 6) is -2.88. The fraction of sp³-hybridized carbons (Fsp3) is 0.250. The highest BCUT2D eigenvalue weighted by Gasteiger charge is 2.34. The third-order valence-electron chi connectivity index (χ3n) is 4.36. The summed E-state index contributed by atoms with van der Waals surface area (Å²) in [6.07, 6.45) is -0.178. The Morgan fingerprint density at radius 2 is 1.55 bits per heavy atom. The predicted molar refractivity (Wildman–Crippen MR) is 102 cm³/mol. The second-order valence-electron chi connectivity index (χ2n) is 6.31. The van der Waals surface area contributed by atoms with Gasteiger partial charge in [-0.1, -0.05) is 12.1 Å². The van der Waals surface area contributed by atoms with Gasteiger partial charge in [0.25, 0.3) is 17.4 Å². The van der Waals surface area contributed by atoms with Crippen molar-refractivity contribution in [1.82, 2.24) is 9.79 Å². The molecule has 0 spiro atoms. The highest BCUT2D eigenvalue weighted by Crippen LogP contribution is 2.15. The van der Waals surface area contributed by atoms with Crippen molar-refractivity contribution in [1.29, 1.82) is 0 Å². The molecule has 2 amide bonds. The average molecular weight is 430 g/mol. The maximum atomic E-state index is 12.7. The Bertz CT molecular complexity index is 1070. The van der Waals surface area contributed by atoms with Crippen molar-refractivity contribution < 1.29 is 38.3 Å². The zero-order chi connectivity index (χ0) is 22.5. The monoisotopic (exact) mass is 430 g/mol. The molecule has 1 saturated heterocycles. The van der Waals surface area contributed by atoms with Crippen LogP contribution in [0.15, 0.2) is 41.2 Å². The Kier molecular flexibility index (Phi) is 6.34. The van der Waals surface area contributed by atoms with Crippen LogP contribution in [0.2, 0.25) is 0 Å². The quantitative estimate of drug-likeness (QED) is 0.455. The lowest BCUT2D eigenvalue weighted by molar-refractivity contribution is -0.173. The first kappa shape index (κ1) is 21.6. The van der Waals surface area contributed by atoms with Gasteiger partial charge in [-0.3, -0.25) is 14.4 Å². The van der Waals surface area contributed by atoms with Crippen LogP contribution in [0.25, 0.3) is 0 Å². The van der Waals surface area contributed by atoms with E-state index in [4.69, 9.17) is 14.4 Å². The van der Waals surface area contributed by atoms with Gasteiger partial charge in [-0.25, -0.2) is 9.59 Å². The van der Waals surface area contributed by atoms with Crippen LogP contribution in [0.1, 0.15) is 39.3 Å². The molecule has 1 aromatic heterocycles. The number of imide groups is 1. The molecule has 0 saturated carbocycles. The number of carbonyl (C=O) groups excluding carboxylic acids is 4. The van der Waals surface area contributed by atoms with Crippen molar-refractivity contribution in [2.45, 2.75) is 19.4 Å². The van der Waals surface area contributed by atoms with E-state index >= 15 is 0 Å². The standard InChI is InChI=1S/C20H18N2O9/c1-28-13-5-3-12(4-6-13)11-30-21-15(8-7-14(18(21)25)19(26)29-2)20(27)31-22-16(23)9-10-17(22)24/h3-8H,9-11H2,1-2H3. The molecule has 0 bridgehead atoms. The van der Waals surface area contributed by atoms with Gasteiger partial charge < -0.3 is 19.1 Å². The van der Waals surface area contributed by atoms with Gasteiger partial charge in [0, 0.05) is 12.8 Å². The molecule has 1 aliphatic heterocycles. The third-order valence-corrected chi connectivity index (χ3v) is 4.36. The number of hydrogen-bond acceptors (Lipinski definition) is 9. The number of hydroxylamine groups is 2. The van der Waals surface area contributed by atoms with E-state index in [1.54, 1.807) is 24.3 Å². The number of carbonyl (C=O) groups is 4. The summed E-state index contributed by atoms with van der Waals surface area (Å²) in [4.78, 5) is 70.9. The van der Waals surface area contributed by atoms with Crippen LogP contribution < -0.4 is 15.1 Å². The zero-order valence-electron chi connectivity index (χ0n) is 16.7. The number of hydrogen-bond donors (Lipinski definition) is 0. The molecule has 162 valence electrons. The molecule has 1 aromatic carbocycles. The molecule has 0 N–H and O–H groups in total. The van der Waals surface area contributed by atoms with Gasteiger partial charge in [0.1, 0.15) is 17.9 Å². The maximum Gasteiger partial charge on any atom is 0.383 e. The normalized spacial score (nSPS) is 13.2. The zero-order valence-corrected chi connectivity index (χ0v) is 16.7. The van der Waals surface area contributed by atoms with Crippen LogP contribution in [-0.2, 0) is 25.8 Å². The minimum Gasteiger partial charge on any atom is -0.497 e. The summed E-state index contributed by atoms with van der Waals surface area (Å²) in [6.45, 7) is -0.156. The van der Waals surface area contributed by atoms with Crippen molar-refractivity contribution in [3.63, 3.8) is 0 Å². The van der Waals surface area contributed by atoms with Crippen LogP contribution in [0.4, 0.5) is 0 Å². The van der Waals surface area contributed by atoms with Gasteiger partial charge in [0.15, 0.2) is 5.69 Å². The number of aromatic nitrogens is 1. The van der Waals surface area contributed by atoms with Crippen molar-refractivity contribution in [3.05, 3.63) is 63.6 Å². The highest BCUT2D eigenvalue weighted by atomic mass is 16.7. The van der Waals surface area contributed by atoms with Crippen LogP contribution in [0.3, 0.4) is 0 Å². The van der Waals surface area contributed by atoms with Crippen molar-refractivity contribution in [3.8, 4) is 5.75 Å². The molecule has 2 aromatic rings. The lowest BCUT2D eigenvalue weighted by Crippen LogP contribution is -2.38. The molecule has 1 aliphatic rings. The molecule has 2 heterocycles. The van der Waals surface area contributed by atoms with Crippen LogP contribution in [0, 0.1) is 0 Å². The minimum absolute atomic E-state index is 0.0891. The largest absolute Gasteiger partial charge is 0.497 e. The number of nitrogens with zero attached hydrogens (tertiary/aromatic N) is 2. The fourth-order valence-electron chi connectivity index (χ4n) is 2.71. The van der Waals surface area contributed by atoms with Gasteiger partial charge in [-0.2, -0.15) is 0 Å². The van der Waals surface area contributed by atoms with E-state index in [9.17, 15) is 24.0 Å². The Morgan fingerprint density at radius 1 is 0.903 bits per heavy atom. The van der Waals surface area contributed by atoms with Crippen LogP contribution in [-0.4, -0.2) is 47.8 Å². The number of pyridine rings is 1. The van der Waals surface area contributed by atoms with Gasteiger partial charge >= 0.3 is 11.9 Å². The molecule has 0 radical (unpaired) electrons. The molecular formula is C20H18N2O9. The lowest BCUT2D eigenvalue weighted by Gasteiger charge is -2.16. The smallest absolute Gasteiger partial charge is 0.383 e. The first-order valence-corrected chi connectivity index (χ1v) is 9.04. The van der Waals surface area contributed by atoms with Gasteiger partial charge in [-0.05, 0) is 29.8 Å². The minimum atomic E-state index is -1.19. The van der Waals surface area contributed by atoms with Gasteiger partial charge in [0.05, 0.1) is 14.2 Å². The van der Waals surface area contributed by atoms with Crippen molar-refractivity contribution in [2.24, 2.45) is 0 Å². The summed E-state index contributed by atoms with van der Waals surface area (Å²) in [5.41, 5.74) is -1.17. The number of ether oxygens (including phenoxy) is 2. The molecule has 0 aliphatic carbocycles. The number of amides is 2. The maximum absolute atomic E-state index is 12.7. The molecule has 3 rings (SSSR count). The van der Waals surface area contributed by atoms with Gasteiger partial charge in [0.2, 0.25) is 0 Å². The molecule has 0 atom stereocenters. The van der Waals surface area contributed by atoms with Crippen molar-refractivity contribution in [2.75, 3.05) is 14.2 Å². The lowest BCUT2D eigenvalue weighted by atomic mass is 10.2. The summed E-state index contributed by atoms with van der Waals surface area (Å²) >= 11 is 0. The Morgan fingerprint density at radius 3 is 2.13 bits per heavy atom. The van der Waals surface area contributed by atoms with E-state index in [1.807, 2.05) is 0 Å². The first-order valence-electron chi connectivity index (χ1n) is 9.04. The van der Waals surface area contributed by atoms with Gasteiger partial charge in [-0.15, -0.1) is 9.79 Å².